The Morgan fingerprint density at radius 3 is 2.52 bits per heavy atom. The van der Waals surface area contributed by atoms with Crippen molar-refractivity contribution in [2.75, 3.05) is 17.7 Å². The van der Waals surface area contributed by atoms with Crippen LogP contribution in [0, 0.1) is 18.3 Å². The van der Waals surface area contributed by atoms with Gasteiger partial charge in [0.1, 0.15) is 11.6 Å². The minimum atomic E-state index is -0.668. The Morgan fingerprint density at radius 2 is 1.91 bits per heavy atom. The average molecular weight is 310 g/mol. The molecule has 0 bridgehead atoms. The highest BCUT2D eigenvalue weighted by Gasteiger charge is 2.19. The number of hydrogen-bond acceptors (Lipinski definition) is 5. The van der Waals surface area contributed by atoms with Crippen LogP contribution in [-0.2, 0) is 4.74 Å². The zero-order chi connectivity index (χ0) is 16.8. The van der Waals surface area contributed by atoms with E-state index in [1.165, 1.54) is 13.2 Å². The molecule has 2 N–H and O–H groups in total. The fourth-order valence-electron chi connectivity index (χ4n) is 1.94. The summed E-state index contributed by atoms with van der Waals surface area (Å²) in [6.45, 7) is 1.65. The molecule has 1 aromatic carbocycles. The summed E-state index contributed by atoms with van der Waals surface area (Å²) in [5, 5.41) is 14.4. The zero-order valence-electron chi connectivity index (χ0n) is 12.6. The minimum Gasteiger partial charge on any atom is -0.465 e. The summed E-state index contributed by atoms with van der Waals surface area (Å²) in [5.74, 6) is -0.667. The number of para-hydroxylation sites is 1. The molecule has 1 aromatic heterocycles. The number of nitrogens with one attached hydrogen (secondary N) is 2. The summed E-state index contributed by atoms with van der Waals surface area (Å²) in [6.07, 6.45) is 0. The number of esters is 1. The molecule has 116 valence electrons. The number of carbonyl (C=O) groups excluding carboxylic acids is 2. The van der Waals surface area contributed by atoms with Crippen molar-refractivity contribution in [3.05, 3.63) is 53.2 Å². The third kappa shape index (κ3) is 3.83. The first kappa shape index (κ1) is 16.0. The lowest BCUT2D eigenvalue weighted by molar-refractivity contribution is 0.0600. The highest BCUT2D eigenvalue weighted by Crippen LogP contribution is 2.19. The SMILES string of the molecule is COC(=O)c1cc(C)nc(NC(=O)Nc2ccccc2)c1C#N. The third-order valence-corrected chi connectivity index (χ3v) is 2.93. The number of methoxy groups -OCH3 is 1. The van der Waals surface area contributed by atoms with Gasteiger partial charge >= 0.3 is 12.0 Å². The Kier molecular flexibility index (Phi) is 4.89. The van der Waals surface area contributed by atoms with E-state index >= 15 is 0 Å². The molecule has 2 amide bonds. The number of aryl methyl sites for hydroxylation is 1. The predicted molar refractivity (Wildman–Crippen MR) is 84.1 cm³/mol. The molecule has 0 radical (unpaired) electrons. The zero-order valence-corrected chi connectivity index (χ0v) is 12.6. The summed E-state index contributed by atoms with van der Waals surface area (Å²) in [6, 6.07) is 11.5. The molecule has 7 nitrogen and oxygen atoms in total. The van der Waals surface area contributed by atoms with Crippen LogP contribution in [0.4, 0.5) is 16.3 Å². The molecule has 0 spiro atoms. The topological polar surface area (TPSA) is 104 Å². The van der Waals surface area contributed by atoms with Crippen LogP contribution in [0.1, 0.15) is 21.6 Å². The van der Waals surface area contributed by atoms with Gasteiger partial charge in [-0.25, -0.2) is 14.6 Å². The van der Waals surface area contributed by atoms with Crippen molar-refractivity contribution in [3.8, 4) is 6.07 Å². The number of anilines is 2. The predicted octanol–water partition coefficient (Wildman–Crippen LogP) is 2.69. The van der Waals surface area contributed by atoms with Gasteiger partial charge in [0.15, 0.2) is 5.82 Å². The van der Waals surface area contributed by atoms with E-state index in [0.29, 0.717) is 11.4 Å². The molecule has 0 unspecified atom stereocenters. The maximum Gasteiger partial charge on any atom is 0.339 e. The summed E-state index contributed by atoms with van der Waals surface area (Å²) in [7, 11) is 1.22. The Bertz CT molecular complexity index is 782. The van der Waals surface area contributed by atoms with Crippen LogP contribution in [-0.4, -0.2) is 24.1 Å². The maximum atomic E-state index is 12.0. The summed E-state index contributed by atoms with van der Waals surface area (Å²) in [4.78, 5) is 27.9. The molecule has 0 fully saturated rings. The highest BCUT2D eigenvalue weighted by molar-refractivity contribution is 6.01. The van der Waals surface area contributed by atoms with Gasteiger partial charge in [0.25, 0.3) is 0 Å². The molecule has 0 aliphatic carbocycles. The lowest BCUT2D eigenvalue weighted by atomic mass is 10.1. The largest absolute Gasteiger partial charge is 0.465 e. The number of hydrogen-bond donors (Lipinski definition) is 2. The lowest BCUT2D eigenvalue weighted by Crippen LogP contribution is -2.22. The van der Waals surface area contributed by atoms with Gasteiger partial charge in [0.2, 0.25) is 0 Å². The minimum absolute atomic E-state index is 0.00123. The van der Waals surface area contributed by atoms with Gasteiger partial charge in [-0.15, -0.1) is 0 Å². The highest BCUT2D eigenvalue weighted by atomic mass is 16.5. The second-order valence-electron chi connectivity index (χ2n) is 4.58. The lowest BCUT2D eigenvalue weighted by Gasteiger charge is -2.11. The second kappa shape index (κ2) is 7.04. The van der Waals surface area contributed by atoms with E-state index in [0.717, 1.165) is 0 Å². The Balaban J connectivity index is 2.29. The van der Waals surface area contributed by atoms with Crippen molar-refractivity contribution in [3.63, 3.8) is 0 Å². The molecule has 7 heteroatoms. The van der Waals surface area contributed by atoms with Crippen LogP contribution in [0.25, 0.3) is 0 Å². The molecule has 0 aliphatic heterocycles. The molecule has 2 aromatic rings. The number of urea groups is 1. The fraction of sp³-hybridized carbons (Fsp3) is 0.125. The fourth-order valence-corrected chi connectivity index (χ4v) is 1.94. The summed E-state index contributed by atoms with van der Waals surface area (Å²) >= 11 is 0. The maximum absolute atomic E-state index is 12.0. The van der Waals surface area contributed by atoms with Gasteiger partial charge < -0.3 is 10.1 Å². The number of amides is 2. The summed E-state index contributed by atoms with van der Waals surface area (Å²) in [5.41, 5.74) is 1.06. The number of nitrogens with zero attached hydrogens (tertiary/aromatic N) is 2. The first-order chi connectivity index (χ1) is 11.0. The van der Waals surface area contributed by atoms with Gasteiger partial charge in [0, 0.05) is 11.4 Å². The Labute approximate surface area is 132 Å². The average Bonchev–Trinajstić information content (AvgIpc) is 2.54. The Hall–Kier alpha value is -3.40. The molecular formula is C16H14N4O3. The molecule has 2 rings (SSSR count). The van der Waals surface area contributed by atoms with Crippen molar-refractivity contribution < 1.29 is 14.3 Å². The first-order valence-corrected chi connectivity index (χ1v) is 6.68. The van der Waals surface area contributed by atoms with E-state index in [-0.39, 0.29) is 16.9 Å². The van der Waals surface area contributed by atoms with Gasteiger partial charge in [-0.2, -0.15) is 5.26 Å². The standard InChI is InChI=1S/C16H14N4O3/c1-10-8-12(15(21)23-2)13(9-17)14(18-10)20-16(22)19-11-6-4-3-5-7-11/h3-8H,1-2H3,(H2,18,19,20,22). The number of rotatable bonds is 3. The number of pyridine rings is 1. The number of carbonyl (C=O) groups is 2. The van der Waals surface area contributed by atoms with E-state index in [2.05, 4.69) is 20.4 Å². The molecule has 23 heavy (non-hydrogen) atoms. The number of aromatic nitrogens is 1. The van der Waals surface area contributed by atoms with Crippen molar-refractivity contribution in [1.82, 2.24) is 4.98 Å². The first-order valence-electron chi connectivity index (χ1n) is 6.68. The van der Waals surface area contributed by atoms with Crippen molar-refractivity contribution >= 4 is 23.5 Å². The second-order valence-corrected chi connectivity index (χ2v) is 4.58. The summed E-state index contributed by atoms with van der Waals surface area (Å²) < 4.78 is 4.64. The normalized spacial score (nSPS) is 9.61. The molecule has 1 heterocycles. The van der Waals surface area contributed by atoms with Crippen LogP contribution in [0.5, 0.6) is 0 Å². The van der Waals surface area contributed by atoms with E-state index in [1.807, 2.05) is 12.1 Å². The number of nitriles is 1. The monoisotopic (exact) mass is 310 g/mol. The van der Waals surface area contributed by atoms with Crippen LogP contribution in [0.2, 0.25) is 0 Å². The quantitative estimate of drug-likeness (QED) is 0.848. The van der Waals surface area contributed by atoms with E-state index < -0.39 is 12.0 Å². The van der Waals surface area contributed by atoms with Crippen LogP contribution < -0.4 is 10.6 Å². The molecule has 0 saturated carbocycles. The number of ether oxygens (including phenoxy) is 1. The van der Waals surface area contributed by atoms with Crippen LogP contribution in [0.3, 0.4) is 0 Å². The smallest absolute Gasteiger partial charge is 0.339 e. The molecule has 0 saturated heterocycles. The Morgan fingerprint density at radius 1 is 1.22 bits per heavy atom. The van der Waals surface area contributed by atoms with E-state index in [1.54, 1.807) is 31.2 Å². The van der Waals surface area contributed by atoms with E-state index in [4.69, 9.17) is 0 Å². The van der Waals surface area contributed by atoms with Gasteiger partial charge in [-0.1, -0.05) is 18.2 Å². The van der Waals surface area contributed by atoms with Crippen molar-refractivity contribution in [1.29, 1.82) is 5.26 Å². The van der Waals surface area contributed by atoms with Crippen LogP contribution in [0.15, 0.2) is 36.4 Å². The van der Waals surface area contributed by atoms with Crippen molar-refractivity contribution in [2.24, 2.45) is 0 Å². The molecular weight excluding hydrogens is 296 g/mol. The van der Waals surface area contributed by atoms with E-state index in [9.17, 15) is 14.9 Å². The third-order valence-electron chi connectivity index (χ3n) is 2.93. The van der Waals surface area contributed by atoms with Crippen LogP contribution >= 0.6 is 0 Å². The van der Waals surface area contributed by atoms with Gasteiger partial charge in [-0.3, -0.25) is 5.32 Å². The van der Waals surface area contributed by atoms with Gasteiger partial charge in [0.05, 0.1) is 12.7 Å². The van der Waals surface area contributed by atoms with Crippen molar-refractivity contribution in [2.45, 2.75) is 6.92 Å². The van der Waals surface area contributed by atoms with Gasteiger partial charge in [-0.05, 0) is 25.1 Å². The molecule has 0 aliphatic rings. The number of benzene rings is 1. The molecule has 0 atom stereocenters.